The largest absolute Gasteiger partial charge is 0.481 e. The van der Waals surface area contributed by atoms with Crippen molar-refractivity contribution in [1.82, 2.24) is 16.0 Å². The van der Waals surface area contributed by atoms with E-state index in [4.69, 9.17) is 21.1 Å². The number of hydrogen-bond acceptors (Lipinski definition) is 9. The Bertz CT molecular complexity index is 713. The Balaban J connectivity index is 5.28. The summed E-state index contributed by atoms with van der Waals surface area (Å²) in [6, 6.07) is -6.25. The molecule has 15 heteroatoms. The van der Waals surface area contributed by atoms with Gasteiger partial charge >= 0.3 is 17.9 Å². The van der Waals surface area contributed by atoms with E-state index in [2.05, 4.69) is 10.6 Å². The van der Waals surface area contributed by atoms with Gasteiger partial charge in [0.25, 0.3) is 0 Å². The zero-order chi connectivity index (χ0) is 25.0. The topological polar surface area (TPSA) is 266 Å². The minimum atomic E-state index is -1.74. The number of aliphatic hydroxyl groups excluding tert-OH is 2. The third kappa shape index (κ3) is 10.6. The van der Waals surface area contributed by atoms with Gasteiger partial charge in [0.1, 0.15) is 12.1 Å². The second kappa shape index (κ2) is 13.9. The van der Waals surface area contributed by atoms with Crippen molar-refractivity contribution in [1.29, 1.82) is 0 Å². The van der Waals surface area contributed by atoms with Crippen molar-refractivity contribution < 1.29 is 54.3 Å². The number of aliphatic carboxylic acids is 3. The number of aliphatic hydroxyl groups is 2. The lowest BCUT2D eigenvalue weighted by Crippen LogP contribution is -2.59. The number of carbonyl (C=O) groups is 6. The molecule has 15 nitrogen and oxygen atoms in total. The van der Waals surface area contributed by atoms with Gasteiger partial charge in [0, 0.05) is 12.8 Å². The summed E-state index contributed by atoms with van der Waals surface area (Å²) in [5, 5.41) is 51.5. The fourth-order valence-corrected chi connectivity index (χ4v) is 2.33. The minimum absolute atomic E-state index is 0.250. The van der Waals surface area contributed by atoms with Crippen LogP contribution in [0.1, 0.15) is 32.6 Å². The number of carbonyl (C=O) groups excluding carboxylic acids is 3. The summed E-state index contributed by atoms with van der Waals surface area (Å²) in [5.74, 6) is -7.28. The normalized spacial score (nSPS) is 15.4. The van der Waals surface area contributed by atoms with E-state index in [0.717, 1.165) is 6.92 Å². The first kappa shape index (κ1) is 28.7. The standard InChI is InChI=1S/C17H28N4O11/c1-7(23)13(17(31)32)21-15(29)9(3-5-12(26)27)19-16(30)10(6-22)20-14(28)8(18)2-4-11(24)25/h7-10,13,22-23H,2-6,18H2,1H3,(H,19,30)(H,20,28)(H,21,29)(H,24,25)(H,26,27)(H,31,32). The Morgan fingerprint density at radius 3 is 1.69 bits per heavy atom. The maximum Gasteiger partial charge on any atom is 0.328 e. The van der Waals surface area contributed by atoms with Gasteiger partial charge in [-0.05, 0) is 19.8 Å². The maximum atomic E-state index is 12.4. The van der Waals surface area contributed by atoms with Crippen LogP contribution in [0.5, 0.6) is 0 Å². The summed E-state index contributed by atoms with van der Waals surface area (Å²) in [5.41, 5.74) is 5.51. The second-order valence-corrected chi connectivity index (χ2v) is 6.84. The quantitative estimate of drug-likeness (QED) is 0.112. The first-order valence-electron chi connectivity index (χ1n) is 9.42. The van der Waals surface area contributed by atoms with E-state index in [1.807, 2.05) is 5.32 Å². The van der Waals surface area contributed by atoms with Crippen LogP contribution in [0.3, 0.4) is 0 Å². The summed E-state index contributed by atoms with van der Waals surface area (Å²) in [7, 11) is 0. The summed E-state index contributed by atoms with van der Waals surface area (Å²) in [6.45, 7) is 0.150. The zero-order valence-electron chi connectivity index (χ0n) is 17.2. The molecule has 10 N–H and O–H groups in total. The predicted octanol–water partition coefficient (Wildman–Crippen LogP) is -4.04. The van der Waals surface area contributed by atoms with Crippen molar-refractivity contribution in [2.75, 3.05) is 6.61 Å². The molecule has 0 rings (SSSR count). The van der Waals surface area contributed by atoms with E-state index in [-0.39, 0.29) is 6.42 Å². The molecule has 5 atom stereocenters. The van der Waals surface area contributed by atoms with Gasteiger partial charge in [-0.15, -0.1) is 0 Å². The van der Waals surface area contributed by atoms with Gasteiger partial charge in [-0.25, -0.2) is 4.79 Å². The Kier molecular flexibility index (Phi) is 12.5. The molecule has 0 spiro atoms. The molecule has 0 aliphatic rings. The average Bonchev–Trinajstić information content (AvgIpc) is 2.69. The van der Waals surface area contributed by atoms with Gasteiger partial charge in [-0.2, -0.15) is 0 Å². The van der Waals surface area contributed by atoms with Crippen LogP contribution >= 0.6 is 0 Å². The molecular weight excluding hydrogens is 436 g/mol. The summed E-state index contributed by atoms with van der Waals surface area (Å²) >= 11 is 0. The van der Waals surface area contributed by atoms with Gasteiger partial charge in [0.2, 0.25) is 17.7 Å². The second-order valence-electron chi connectivity index (χ2n) is 6.84. The molecule has 3 amide bonds. The highest BCUT2D eigenvalue weighted by atomic mass is 16.4. The molecule has 0 bridgehead atoms. The number of amides is 3. The highest BCUT2D eigenvalue weighted by Crippen LogP contribution is 2.03. The van der Waals surface area contributed by atoms with Crippen LogP contribution in [0.25, 0.3) is 0 Å². The third-order valence-corrected chi connectivity index (χ3v) is 4.15. The van der Waals surface area contributed by atoms with Gasteiger partial charge in [-0.1, -0.05) is 0 Å². The molecule has 0 radical (unpaired) electrons. The predicted molar refractivity (Wildman–Crippen MR) is 104 cm³/mol. The van der Waals surface area contributed by atoms with E-state index < -0.39 is 91.8 Å². The van der Waals surface area contributed by atoms with Gasteiger partial charge in [0.15, 0.2) is 6.04 Å². The van der Waals surface area contributed by atoms with Crippen molar-refractivity contribution in [3.63, 3.8) is 0 Å². The lowest BCUT2D eigenvalue weighted by Gasteiger charge is -2.24. The fourth-order valence-electron chi connectivity index (χ4n) is 2.33. The van der Waals surface area contributed by atoms with Gasteiger partial charge in [0.05, 0.1) is 18.8 Å². The van der Waals surface area contributed by atoms with Gasteiger partial charge < -0.3 is 47.2 Å². The smallest absolute Gasteiger partial charge is 0.328 e. The third-order valence-electron chi connectivity index (χ3n) is 4.15. The minimum Gasteiger partial charge on any atom is -0.481 e. The van der Waals surface area contributed by atoms with Crippen LogP contribution in [-0.4, -0.2) is 98.0 Å². The molecule has 5 unspecified atom stereocenters. The SMILES string of the molecule is CC(O)C(NC(=O)C(CCC(=O)O)NC(=O)C(CO)NC(=O)C(N)CCC(=O)O)C(=O)O. The summed E-state index contributed by atoms with van der Waals surface area (Å²) in [6.07, 6.45) is -3.25. The first-order chi connectivity index (χ1) is 14.8. The lowest BCUT2D eigenvalue weighted by atomic mass is 10.1. The molecular formula is C17H28N4O11. The van der Waals surface area contributed by atoms with Crippen LogP contribution in [0.2, 0.25) is 0 Å². The molecule has 0 saturated heterocycles. The number of nitrogens with one attached hydrogen (secondary N) is 3. The lowest BCUT2D eigenvalue weighted by molar-refractivity contribution is -0.145. The van der Waals surface area contributed by atoms with E-state index in [1.165, 1.54) is 0 Å². The van der Waals surface area contributed by atoms with Crippen molar-refractivity contribution >= 4 is 35.6 Å². The molecule has 32 heavy (non-hydrogen) atoms. The van der Waals surface area contributed by atoms with Crippen LogP contribution in [0.15, 0.2) is 0 Å². The van der Waals surface area contributed by atoms with E-state index in [1.54, 1.807) is 0 Å². The highest BCUT2D eigenvalue weighted by molar-refractivity contribution is 5.94. The van der Waals surface area contributed by atoms with Crippen LogP contribution in [0, 0.1) is 0 Å². The van der Waals surface area contributed by atoms with E-state index in [9.17, 15) is 39.0 Å². The Labute approximate surface area is 182 Å². The molecule has 0 saturated carbocycles. The van der Waals surface area contributed by atoms with Crippen molar-refractivity contribution in [3.05, 3.63) is 0 Å². The average molecular weight is 464 g/mol. The molecule has 0 fully saturated rings. The molecule has 0 aromatic heterocycles. The molecule has 182 valence electrons. The van der Waals surface area contributed by atoms with Crippen molar-refractivity contribution in [2.45, 2.75) is 62.9 Å². The molecule has 0 heterocycles. The number of rotatable bonds is 15. The van der Waals surface area contributed by atoms with Crippen LogP contribution in [0.4, 0.5) is 0 Å². The Morgan fingerprint density at radius 2 is 1.25 bits per heavy atom. The summed E-state index contributed by atoms with van der Waals surface area (Å²) in [4.78, 5) is 69.3. The number of nitrogens with two attached hydrogens (primary N) is 1. The number of hydrogen-bond donors (Lipinski definition) is 9. The first-order valence-corrected chi connectivity index (χ1v) is 9.42. The molecule has 0 aromatic rings. The summed E-state index contributed by atoms with van der Waals surface area (Å²) < 4.78 is 0. The van der Waals surface area contributed by atoms with Crippen molar-refractivity contribution in [3.8, 4) is 0 Å². The fraction of sp³-hybridized carbons (Fsp3) is 0.647. The number of carboxylic acid groups (broad SMARTS) is 3. The monoisotopic (exact) mass is 464 g/mol. The molecule has 0 aliphatic heterocycles. The number of carboxylic acids is 3. The van der Waals surface area contributed by atoms with E-state index in [0.29, 0.717) is 0 Å². The Hall–Kier alpha value is -3.30. The molecule has 0 aromatic carbocycles. The molecule has 0 aliphatic carbocycles. The van der Waals surface area contributed by atoms with E-state index >= 15 is 0 Å². The van der Waals surface area contributed by atoms with Crippen LogP contribution < -0.4 is 21.7 Å². The highest BCUT2D eigenvalue weighted by Gasteiger charge is 2.32. The maximum absolute atomic E-state index is 12.4. The van der Waals surface area contributed by atoms with Gasteiger partial charge in [-0.3, -0.25) is 24.0 Å². The van der Waals surface area contributed by atoms with Crippen molar-refractivity contribution in [2.24, 2.45) is 5.73 Å². The van der Waals surface area contributed by atoms with Crippen LogP contribution in [-0.2, 0) is 28.8 Å². The zero-order valence-corrected chi connectivity index (χ0v) is 17.2. The Morgan fingerprint density at radius 1 is 0.781 bits per heavy atom.